The largest absolute Gasteiger partial charge is 0.399 e. The molecule has 0 aliphatic carbocycles. The lowest BCUT2D eigenvalue weighted by Crippen LogP contribution is -2.19. The van der Waals surface area contributed by atoms with Crippen molar-refractivity contribution in [1.29, 1.82) is 0 Å². The van der Waals surface area contributed by atoms with E-state index >= 15 is 0 Å². The maximum Gasteiger partial charge on any atom is 0.234 e. The van der Waals surface area contributed by atoms with Gasteiger partial charge in [0.15, 0.2) is 0 Å². The van der Waals surface area contributed by atoms with Crippen molar-refractivity contribution in [2.45, 2.75) is 18.2 Å². The Hall–Kier alpha value is -1.67. The molecule has 0 aliphatic rings. The lowest BCUT2D eigenvalue weighted by Gasteiger charge is -2.07. The molecule has 0 fully saturated rings. The molecule has 0 amide bonds. The lowest BCUT2D eigenvalue weighted by molar-refractivity contribution is 0.602. The van der Waals surface area contributed by atoms with Gasteiger partial charge in [0, 0.05) is 21.9 Å². The average molecular weight is 326 g/mol. The first-order valence-corrected chi connectivity index (χ1v) is 9.15. The van der Waals surface area contributed by atoms with Gasteiger partial charge in [-0.15, -0.1) is 11.8 Å². The van der Waals surface area contributed by atoms with Crippen LogP contribution in [-0.2, 0) is 16.4 Å². The number of rotatable bonds is 7. The molecule has 2 aromatic rings. The topological polar surface area (TPSA) is 101 Å². The number of sulfonamides is 1. The summed E-state index contributed by atoms with van der Waals surface area (Å²) in [6, 6.07) is 7.38. The molecule has 0 unspecified atom stereocenters. The van der Waals surface area contributed by atoms with Crippen molar-refractivity contribution in [1.82, 2.24) is 10.2 Å². The van der Waals surface area contributed by atoms with Crippen LogP contribution in [0, 0.1) is 0 Å². The van der Waals surface area contributed by atoms with Gasteiger partial charge in [-0.05, 0) is 24.6 Å². The van der Waals surface area contributed by atoms with Gasteiger partial charge in [-0.2, -0.15) is 5.10 Å². The Morgan fingerprint density at radius 2 is 2.24 bits per heavy atom. The molecule has 0 atom stereocenters. The maximum absolute atomic E-state index is 12.0. The molecule has 0 radical (unpaired) electrons. The summed E-state index contributed by atoms with van der Waals surface area (Å²) < 4.78 is 26.6. The fourth-order valence-electron chi connectivity index (χ4n) is 1.75. The van der Waals surface area contributed by atoms with Crippen LogP contribution in [-0.4, -0.2) is 30.1 Å². The summed E-state index contributed by atoms with van der Waals surface area (Å²) >= 11 is 1.46. The Labute approximate surface area is 128 Å². The van der Waals surface area contributed by atoms with Gasteiger partial charge in [0.2, 0.25) is 10.0 Å². The zero-order chi connectivity index (χ0) is 15.3. The summed E-state index contributed by atoms with van der Waals surface area (Å²) in [6.07, 6.45) is 2.34. The van der Waals surface area contributed by atoms with Crippen LogP contribution >= 0.6 is 11.8 Å². The van der Waals surface area contributed by atoms with Crippen molar-refractivity contribution in [3.8, 4) is 0 Å². The van der Waals surface area contributed by atoms with Crippen LogP contribution in [0.5, 0.6) is 0 Å². The van der Waals surface area contributed by atoms with Crippen LogP contribution in [0.2, 0.25) is 0 Å². The van der Waals surface area contributed by atoms with E-state index in [9.17, 15) is 8.42 Å². The van der Waals surface area contributed by atoms with Crippen molar-refractivity contribution in [3.05, 3.63) is 36.0 Å². The normalized spacial score (nSPS) is 11.5. The third-order valence-corrected chi connectivity index (χ3v) is 5.35. The van der Waals surface area contributed by atoms with E-state index in [-0.39, 0.29) is 5.75 Å². The molecule has 114 valence electrons. The molecule has 0 spiro atoms. The minimum absolute atomic E-state index is 0.0225. The third-order valence-electron chi connectivity index (χ3n) is 2.84. The molecular formula is C13H18N4O2S2. The van der Waals surface area contributed by atoms with Crippen LogP contribution in [0.4, 0.5) is 11.5 Å². The zero-order valence-corrected chi connectivity index (χ0v) is 13.3. The van der Waals surface area contributed by atoms with E-state index in [1.807, 2.05) is 25.1 Å². The monoisotopic (exact) mass is 326 g/mol. The number of nitrogens with one attached hydrogen (secondary N) is 2. The summed E-state index contributed by atoms with van der Waals surface area (Å²) in [5, 5.41) is 6.51. The predicted octanol–water partition coefficient (Wildman–Crippen LogP) is 2.09. The van der Waals surface area contributed by atoms with Crippen molar-refractivity contribution >= 4 is 33.3 Å². The Balaban J connectivity index is 1.90. The number of aromatic amines is 1. The summed E-state index contributed by atoms with van der Waals surface area (Å²) in [4.78, 5) is 0.959. The molecule has 0 bridgehead atoms. The number of anilines is 2. The van der Waals surface area contributed by atoms with E-state index in [2.05, 4.69) is 14.9 Å². The maximum atomic E-state index is 12.0. The first-order valence-electron chi connectivity index (χ1n) is 6.51. The smallest absolute Gasteiger partial charge is 0.234 e. The lowest BCUT2D eigenvalue weighted by atomic mass is 10.3. The standard InChI is InChI=1S/C13H18N4O2S2/c1-2-10-9-15-16-13(10)17-21(18,19)7-6-20-12-5-3-4-11(14)8-12/h3-5,8-9H,2,6-7,14H2,1H3,(H2,15,16,17). The van der Waals surface area contributed by atoms with E-state index in [0.717, 1.165) is 10.5 Å². The SMILES string of the molecule is CCc1cn[nH]c1NS(=O)(=O)CCSc1cccc(N)c1. The number of nitrogen functional groups attached to an aromatic ring is 1. The summed E-state index contributed by atoms with van der Waals surface area (Å²) in [5.41, 5.74) is 7.20. The summed E-state index contributed by atoms with van der Waals surface area (Å²) in [5.74, 6) is 0.926. The zero-order valence-electron chi connectivity index (χ0n) is 11.7. The number of thioether (sulfide) groups is 1. The number of nitrogens with zero attached hydrogens (tertiary/aromatic N) is 1. The van der Waals surface area contributed by atoms with Crippen LogP contribution in [0.1, 0.15) is 12.5 Å². The number of aryl methyl sites for hydroxylation is 1. The molecule has 1 aromatic heterocycles. The van der Waals surface area contributed by atoms with Gasteiger partial charge in [-0.25, -0.2) is 8.42 Å². The Bertz CT molecular complexity index is 698. The number of hydrogen-bond donors (Lipinski definition) is 3. The Kier molecular flexibility index (Phi) is 5.13. The second-order valence-corrected chi connectivity index (χ2v) is 7.48. The first kappa shape index (κ1) is 15.7. The third kappa shape index (κ3) is 4.68. The van der Waals surface area contributed by atoms with Gasteiger partial charge >= 0.3 is 0 Å². The van der Waals surface area contributed by atoms with Crippen molar-refractivity contribution in [3.63, 3.8) is 0 Å². The molecule has 0 saturated heterocycles. The summed E-state index contributed by atoms with van der Waals surface area (Å²) in [7, 11) is -3.39. The van der Waals surface area contributed by atoms with Gasteiger partial charge in [-0.1, -0.05) is 13.0 Å². The predicted molar refractivity (Wildman–Crippen MR) is 87.0 cm³/mol. The van der Waals surface area contributed by atoms with Crippen LogP contribution in [0.15, 0.2) is 35.4 Å². The molecular weight excluding hydrogens is 308 g/mol. The highest BCUT2D eigenvalue weighted by Gasteiger charge is 2.13. The quantitative estimate of drug-likeness (QED) is 0.534. The molecule has 21 heavy (non-hydrogen) atoms. The minimum Gasteiger partial charge on any atom is -0.399 e. The fourth-order valence-corrected chi connectivity index (χ4v) is 4.18. The molecule has 0 saturated carbocycles. The van der Waals surface area contributed by atoms with E-state index < -0.39 is 10.0 Å². The second-order valence-electron chi connectivity index (χ2n) is 4.47. The highest BCUT2D eigenvalue weighted by Crippen LogP contribution is 2.21. The van der Waals surface area contributed by atoms with Gasteiger partial charge in [-0.3, -0.25) is 9.82 Å². The van der Waals surface area contributed by atoms with Gasteiger partial charge < -0.3 is 5.73 Å². The number of H-pyrrole nitrogens is 1. The van der Waals surface area contributed by atoms with Gasteiger partial charge in [0.1, 0.15) is 5.82 Å². The average Bonchev–Trinajstić information content (AvgIpc) is 2.85. The van der Waals surface area contributed by atoms with E-state index in [1.165, 1.54) is 11.8 Å². The van der Waals surface area contributed by atoms with E-state index in [1.54, 1.807) is 12.3 Å². The highest BCUT2D eigenvalue weighted by molar-refractivity contribution is 8.01. The van der Waals surface area contributed by atoms with Gasteiger partial charge in [0.25, 0.3) is 0 Å². The van der Waals surface area contributed by atoms with Crippen LogP contribution in [0.25, 0.3) is 0 Å². The van der Waals surface area contributed by atoms with E-state index in [0.29, 0.717) is 23.7 Å². The fraction of sp³-hybridized carbons (Fsp3) is 0.308. The van der Waals surface area contributed by atoms with Crippen LogP contribution < -0.4 is 10.5 Å². The molecule has 6 nitrogen and oxygen atoms in total. The number of aromatic nitrogens is 2. The molecule has 8 heteroatoms. The summed E-state index contributed by atoms with van der Waals surface area (Å²) in [6.45, 7) is 1.94. The second kappa shape index (κ2) is 6.86. The van der Waals surface area contributed by atoms with Crippen molar-refractivity contribution < 1.29 is 8.42 Å². The number of nitrogens with two attached hydrogens (primary N) is 1. The molecule has 0 aliphatic heterocycles. The van der Waals surface area contributed by atoms with Crippen molar-refractivity contribution in [2.75, 3.05) is 22.0 Å². The van der Waals surface area contributed by atoms with Crippen molar-refractivity contribution in [2.24, 2.45) is 0 Å². The first-order chi connectivity index (χ1) is 10.00. The van der Waals surface area contributed by atoms with E-state index in [4.69, 9.17) is 5.73 Å². The molecule has 2 rings (SSSR count). The molecule has 1 heterocycles. The number of benzene rings is 1. The van der Waals surface area contributed by atoms with Crippen LogP contribution in [0.3, 0.4) is 0 Å². The minimum atomic E-state index is -3.39. The molecule has 4 N–H and O–H groups in total. The highest BCUT2D eigenvalue weighted by atomic mass is 32.2. The van der Waals surface area contributed by atoms with Gasteiger partial charge in [0.05, 0.1) is 11.9 Å². The molecule has 1 aromatic carbocycles. The number of hydrogen-bond acceptors (Lipinski definition) is 5. The Morgan fingerprint density at radius 1 is 1.43 bits per heavy atom. The Morgan fingerprint density at radius 3 is 2.95 bits per heavy atom.